The van der Waals surface area contributed by atoms with Gasteiger partial charge in [0.1, 0.15) is 6.04 Å². The van der Waals surface area contributed by atoms with Crippen molar-refractivity contribution in [1.29, 1.82) is 0 Å². The van der Waals surface area contributed by atoms with E-state index in [0.717, 1.165) is 18.2 Å². The molecule has 0 aliphatic carbocycles. The van der Waals surface area contributed by atoms with Crippen molar-refractivity contribution in [3.63, 3.8) is 0 Å². The normalized spacial score (nSPS) is 13.1. The molecule has 0 aromatic heterocycles. The number of carbonyl (C=O) groups is 2. The molecule has 0 heterocycles. The van der Waals surface area contributed by atoms with Crippen LogP contribution in [0.1, 0.15) is 57.6 Å². The highest BCUT2D eigenvalue weighted by molar-refractivity contribution is 7.92. The molecule has 37 heavy (non-hydrogen) atoms. The standard InChI is InChI=1S/C27H37Cl2N3O4S/c1-6-20(4)30-27(34)25(7-2)31(18-21-12-13-22(28)17-24(21)29)26(33)9-8-16-32(37(5,35)36)23-14-10-19(3)11-15-23/h10-15,17,20,25H,6-9,16,18H2,1-5H3,(H,30,34)/t20-,25+/m1/s1. The number of hydrogen-bond donors (Lipinski definition) is 1. The van der Waals surface area contributed by atoms with Gasteiger partial charge in [0, 0.05) is 35.6 Å². The van der Waals surface area contributed by atoms with Gasteiger partial charge in [0.2, 0.25) is 21.8 Å². The molecule has 2 amide bonds. The van der Waals surface area contributed by atoms with Gasteiger partial charge in [-0.05, 0) is 62.9 Å². The minimum atomic E-state index is -3.54. The van der Waals surface area contributed by atoms with Crippen LogP contribution < -0.4 is 9.62 Å². The lowest BCUT2D eigenvalue weighted by Gasteiger charge is -2.32. The van der Waals surface area contributed by atoms with Gasteiger partial charge in [0.15, 0.2) is 0 Å². The van der Waals surface area contributed by atoms with E-state index >= 15 is 0 Å². The highest BCUT2D eigenvalue weighted by atomic mass is 35.5. The van der Waals surface area contributed by atoms with Crippen molar-refractivity contribution in [1.82, 2.24) is 10.2 Å². The summed E-state index contributed by atoms with van der Waals surface area (Å²) in [4.78, 5) is 28.1. The number of carbonyl (C=O) groups excluding carboxylic acids is 2. The van der Waals surface area contributed by atoms with Crippen LogP contribution in [0, 0.1) is 6.92 Å². The van der Waals surface area contributed by atoms with Crippen molar-refractivity contribution in [2.75, 3.05) is 17.1 Å². The van der Waals surface area contributed by atoms with E-state index in [4.69, 9.17) is 23.2 Å². The molecule has 0 spiro atoms. The predicted octanol–water partition coefficient (Wildman–Crippen LogP) is 5.57. The van der Waals surface area contributed by atoms with Gasteiger partial charge in [0.25, 0.3) is 0 Å². The van der Waals surface area contributed by atoms with Crippen molar-refractivity contribution >= 4 is 50.7 Å². The van der Waals surface area contributed by atoms with E-state index < -0.39 is 16.1 Å². The monoisotopic (exact) mass is 569 g/mol. The first-order chi connectivity index (χ1) is 17.4. The maximum atomic E-state index is 13.5. The third-order valence-electron chi connectivity index (χ3n) is 6.22. The molecular weight excluding hydrogens is 533 g/mol. The van der Waals surface area contributed by atoms with Crippen molar-refractivity contribution < 1.29 is 18.0 Å². The Morgan fingerprint density at radius 1 is 1.03 bits per heavy atom. The molecule has 0 saturated heterocycles. The SMILES string of the molecule is CC[C@@H](C)NC(=O)[C@H](CC)N(Cc1ccc(Cl)cc1Cl)C(=O)CCCN(c1ccc(C)cc1)S(C)(=O)=O. The number of sulfonamides is 1. The lowest BCUT2D eigenvalue weighted by molar-refractivity contribution is -0.141. The van der Waals surface area contributed by atoms with E-state index in [-0.39, 0.29) is 43.8 Å². The van der Waals surface area contributed by atoms with Crippen LogP contribution in [-0.4, -0.2) is 50.0 Å². The molecule has 0 aliphatic heterocycles. The average molecular weight is 571 g/mol. The summed E-state index contributed by atoms with van der Waals surface area (Å²) in [5.41, 5.74) is 2.24. The quantitative estimate of drug-likeness (QED) is 0.341. The predicted molar refractivity (Wildman–Crippen MR) is 152 cm³/mol. The number of anilines is 1. The minimum Gasteiger partial charge on any atom is -0.352 e. The van der Waals surface area contributed by atoms with Crippen LogP contribution >= 0.6 is 23.2 Å². The fourth-order valence-electron chi connectivity index (χ4n) is 3.91. The Labute approximate surface area is 231 Å². The minimum absolute atomic E-state index is 0.0320. The van der Waals surface area contributed by atoms with Crippen molar-refractivity contribution in [2.24, 2.45) is 0 Å². The number of nitrogens with zero attached hydrogens (tertiary/aromatic N) is 2. The van der Waals surface area contributed by atoms with Crippen molar-refractivity contribution in [2.45, 2.75) is 72.0 Å². The Kier molecular flexibility index (Phi) is 11.7. The number of rotatable bonds is 13. The van der Waals surface area contributed by atoms with Crippen molar-refractivity contribution in [3.05, 3.63) is 63.6 Å². The smallest absolute Gasteiger partial charge is 0.243 e. The van der Waals surface area contributed by atoms with Gasteiger partial charge in [-0.1, -0.05) is 60.8 Å². The van der Waals surface area contributed by atoms with Crippen LogP contribution in [0.3, 0.4) is 0 Å². The second-order valence-corrected chi connectivity index (χ2v) is 12.0. The second-order valence-electron chi connectivity index (χ2n) is 9.27. The topological polar surface area (TPSA) is 86.8 Å². The Morgan fingerprint density at radius 2 is 1.68 bits per heavy atom. The molecule has 1 N–H and O–H groups in total. The van der Waals surface area contributed by atoms with Gasteiger partial charge in [-0.25, -0.2) is 8.42 Å². The third-order valence-corrected chi connectivity index (χ3v) is 8.00. The zero-order valence-electron chi connectivity index (χ0n) is 22.1. The molecular formula is C27H37Cl2N3O4S. The highest BCUT2D eigenvalue weighted by Gasteiger charge is 2.30. The van der Waals surface area contributed by atoms with E-state index in [1.807, 2.05) is 39.8 Å². The van der Waals surface area contributed by atoms with Crippen LogP contribution in [0.5, 0.6) is 0 Å². The van der Waals surface area contributed by atoms with Crippen LogP contribution in [0.15, 0.2) is 42.5 Å². The van der Waals surface area contributed by atoms with Gasteiger partial charge in [-0.15, -0.1) is 0 Å². The third kappa shape index (κ3) is 9.20. The van der Waals surface area contributed by atoms with Gasteiger partial charge in [-0.3, -0.25) is 13.9 Å². The molecule has 2 rings (SSSR count). The molecule has 2 atom stereocenters. The number of aryl methyl sites for hydroxylation is 1. The zero-order chi connectivity index (χ0) is 27.8. The van der Waals surface area contributed by atoms with Crippen LogP contribution in [0.25, 0.3) is 0 Å². The average Bonchev–Trinajstić information content (AvgIpc) is 2.82. The maximum absolute atomic E-state index is 13.5. The van der Waals surface area contributed by atoms with Crippen molar-refractivity contribution in [3.8, 4) is 0 Å². The number of halogens is 2. The molecule has 0 aliphatic rings. The van der Waals surface area contributed by atoms with Gasteiger partial charge < -0.3 is 10.2 Å². The molecule has 0 unspecified atom stereocenters. The maximum Gasteiger partial charge on any atom is 0.243 e. The fraction of sp³-hybridized carbons (Fsp3) is 0.481. The summed E-state index contributed by atoms with van der Waals surface area (Å²) in [5, 5.41) is 3.86. The molecule has 0 saturated carbocycles. The molecule has 2 aromatic carbocycles. The van der Waals surface area contributed by atoms with E-state index in [9.17, 15) is 18.0 Å². The Balaban J connectivity index is 2.25. The molecule has 204 valence electrons. The Morgan fingerprint density at radius 3 is 2.22 bits per heavy atom. The first-order valence-corrected chi connectivity index (χ1v) is 15.1. The molecule has 10 heteroatoms. The highest BCUT2D eigenvalue weighted by Crippen LogP contribution is 2.25. The van der Waals surface area contributed by atoms with E-state index in [1.54, 1.807) is 30.3 Å². The Hall–Kier alpha value is -2.29. The van der Waals surface area contributed by atoms with E-state index in [2.05, 4.69) is 5.32 Å². The largest absolute Gasteiger partial charge is 0.352 e. The molecule has 0 bridgehead atoms. The number of hydrogen-bond acceptors (Lipinski definition) is 4. The molecule has 0 radical (unpaired) electrons. The second kappa shape index (κ2) is 14.0. The summed E-state index contributed by atoms with van der Waals surface area (Å²) in [5.74, 6) is -0.484. The summed E-state index contributed by atoms with van der Waals surface area (Å²) >= 11 is 12.4. The molecule has 0 fully saturated rings. The summed E-state index contributed by atoms with van der Waals surface area (Å²) in [6.45, 7) is 7.94. The van der Waals surface area contributed by atoms with E-state index in [1.165, 1.54) is 9.21 Å². The number of amides is 2. The van der Waals surface area contributed by atoms with Gasteiger partial charge in [-0.2, -0.15) is 0 Å². The van der Waals surface area contributed by atoms with Crippen LogP contribution in [-0.2, 0) is 26.2 Å². The van der Waals surface area contributed by atoms with E-state index in [0.29, 0.717) is 27.7 Å². The Bertz CT molecular complexity index is 1170. The lowest BCUT2D eigenvalue weighted by Crippen LogP contribution is -2.50. The first kappa shape index (κ1) is 30.9. The zero-order valence-corrected chi connectivity index (χ0v) is 24.5. The summed E-state index contributed by atoms with van der Waals surface area (Å²) in [7, 11) is -3.54. The number of benzene rings is 2. The molecule has 7 nitrogen and oxygen atoms in total. The summed E-state index contributed by atoms with van der Waals surface area (Å²) in [6.07, 6.45) is 2.68. The van der Waals surface area contributed by atoms with Crippen LogP contribution in [0.2, 0.25) is 10.0 Å². The van der Waals surface area contributed by atoms with Gasteiger partial charge in [0.05, 0.1) is 11.9 Å². The van der Waals surface area contributed by atoms with Crippen LogP contribution in [0.4, 0.5) is 5.69 Å². The number of nitrogens with one attached hydrogen (secondary N) is 1. The lowest BCUT2D eigenvalue weighted by atomic mass is 10.1. The fourth-order valence-corrected chi connectivity index (χ4v) is 5.34. The van der Waals surface area contributed by atoms with Gasteiger partial charge >= 0.3 is 0 Å². The summed E-state index contributed by atoms with van der Waals surface area (Å²) in [6, 6.07) is 11.5. The molecule has 2 aromatic rings. The first-order valence-electron chi connectivity index (χ1n) is 12.5. The summed E-state index contributed by atoms with van der Waals surface area (Å²) < 4.78 is 26.2.